The predicted molar refractivity (Wildman–Crippen MR) is 22.2 cm³/mol. The predicted octanol–water partition coefficient (Wildman–Crippen LogP) is 0.229. The van der Waals surface area contributed by atoms with Gasteiger partial charge in [-0.1, -0.05) is 0 Å². The molecule has 40 valence electrons. The van der Waals surface area contributed by atoms with Gasteiger partial charge in [0.25, 0.3) is 0 Å². The van der Waals surface area contributed by atoms with Crippen molar-refractivity contribution in [1.82, 2.24) is 0 Å². The SMILES string of the molecule is C[C@@H](F)[C@H](O)C#N. The average Bonchev–Trinajstić information content (AvgIpc) is 1.65. The molecule has 7 heavy (non-hydrogen) atoms. The highest BCUT2D eigenvalue weighted by molar-refractivity contribution is 4.85. The minimum atomic E-state index is -1.46. The third-order valence-electron chi connectivity index (χ3n) is 0.567. The molecule has 0 amide bonds. The van der Waals surface area contributed by atoms with Gasteiger partial charge in [0.1, 0.15) is 6.17 Å². The summed E-state index contributed by atoms with van der Waals surface area (Å²) in [4.78, 5) is 0. The van der Waals surface area contributed by atoms with E-state index in [1.54, 1.807) is 0 Å². The van der Waals surface area contributed by atoms with Crippen LogP contribution in [0.4, 0.5) is 4.39 Å². The minimum absolute atomic E-state index is 1.13. The van der Waals surface area contributed by atoms with Gasteiger partial charge < -0.3 is 5.11 Å². The van der Waals surface area contributed by atoms with Gasteiger partial charge in [-0.25, -0.2) is 4.39 Å². The summed E-state index contributed by atoms with van der Waals surface area (Å²) in [6, 6.07) is 1.34. The number of halogens is 1. The van der Waals surface area contributed by atoms with Gasteiger partial charge in [-0.2, -0.15) is 5.26 Å². The zero-order chi connectivity index (χ0) is 5.86. The molecule has 0 aliphatic heterocycles. The Bertz CT molecular complexity index is 86.2. The molecule has 1 N–H and O–H groups in total. The van der Waals surface area contributed by atoms with Crippen molar-refractivity contribution >= 4 is 0 Å². The highest BCUT2D eigenvalue weighted by Crippen LogP contribution is 1.93. The van der Waals surface area contributed by atoms with Gasteiger partial charge in [0.05, 0.1) is 6.07 Å². The molecule has 0 heterocycles. The van der Waals surface area contributed by atoms with E-state index in [1.165, 1.54) is 6.07 Å². The molecule has 0 aromatic carbocycles. The topological polar surface area (TPSA) is 44.0 Å². The van der Waals surface area contributed by atoms with Gasteiger partial charge in [0.2, 0.25) is 0 Å². The number of nitriles is 1. The van der Waals surface area contributed by atoms with Gasteiger partial charge in [0.15, 0.2) is 6.10 Å². The van der Waals surface area contributed by atoms with Crippen molar-refractivity contribution in [2.45, 2.75) is 19.2 Å². The van der Waals surface area contributed by atoms with E-state index in [0.29, 0.717) is 0 Å². The standard InChI is InChI=1S/C4H6FNO/c1-3(5)4(7)2-6/h3-4,7H,1H3/t3-,4-/m1/s1. The van der Waals surface area contributed by atoms with E-state index in [4.69, 9.17) is 10.4 Å². The first-order valence-electron chi connectivity index (χ1n) is 1.90. The fourth-order valence-electron chi connectivity index (χ4n) is 0.103. The first-order valence-corrected chi connectivity index (χ1v) is 1.90. The molecule has 0 aromatic heterocycles. The summed E-state index contributed by atoms with van der Waals surface area (Å²) in [5.74, 6) is 0. The highest BCUT2D eigenvalue weighted by atomic mass is 19.1. The van der Waals surface area contributed by atoms with Crippen LogP contribution in [0.15, 0.2) is 0 Å². The summed E-state index contributed by atoms with van der Waals surface area (Å²) in [6.07, 6.45) is -2.90. The molecule has 3 heteroatoms. The van der Waals surface area contributed by atoms with Crippen LogP contribution < -0.4 is 0 Å². The average molecular weight is 103 g/mol. The number of rotatable bonds is 1. The van der Waals surface area contributed by atoms with E-state index in [0.717, 1.165) is 6.92 Å². The molecule has 0 rings (SSSR count). The fraction of sp³-hybridized carbons (Fsp3) is 0.750. The molecule has 2 atom stereocenters. The third-order valence-corrected chi connectivity index (χ3v) is 0.567. The molecule has 0 saturated heterocycles. The van der Waals surface area contributed by atoms with Crippen LogP contribution >= 0.6 is 0 Å². The summed E-state index contributed by atoms with van der Waals surface area (Å²) in [5, 5.41) is 16.0. The largest absolute Gasteiger partial charge is 0.375 e. The first kappa shape index (κ1) is 6.38. The molecule has 0 aliphatic rings. The lowest BCUT2D eigenvalue weighted by Gasteiger charge is -1.97. The lowest BCUT2D eigenvalue weighted by Crippen LogP contribution is -2.14. The van der Waals surface area contributed by atoms with Crippen LogP contribution in [0.1, 0.15) is 6.92 Å². The molecule has 0 spiro atoms. The zero-order valence-electron chi connectivity index (χ0n) is 3.93. The molecule has 0 aromatic rings. The van der Waals surface area contributed by atoms with Crippen LogP contribution in [0.3, 0.4) is 0 Å². The second-order valence-corrected chi connectivity index (χ2v) is 1.25. The quantitative estimate of drug-likeness (QED) is 0.483. The smallest absolute Gasteiger partial charge is 0.171 e. The van der Waals surface area contributed by atoms with Crippen molar-refractivity contribution in [2.24, 2.45) is 0 Å². The molecule has 0 aliphatic carbocycles. The summed E-state index contributed by atoms with van der Waals surface area (Å²) in [5.41, 5.74) is 0. The van der Waals surface area contributed by atoms with Gasteiger partial charge in [0, 0.05) is 0 Å². The van der Waals surface area contributed by atoms with E-state index in [2.05, 4.69) is 0 Å². The van der Waals surface area contributed by atoms with Crippen molar-refractivity contribution in [3.05, 3.63) is 0 Å². The number of alkyl halides is 1. The first-order chi connectivity index (χ1) is 3.18. The number of aliphatic hydroxyl groups is 1. The Kier molecular flexibility index (Phi) is 2.31. The van der Waals surface area contributed by atoms with Crippen LogP contribution in [0.25, 0.3) is 0 Å². The van der Waals surface area contributed by atoms with E-state index in [9.17, 15) is 4.39 Å². The molecule has 2 nitrogen and oxygen atoms in total. The zero-order valence-corrected chi connectivity index (χ0v) is 3.93. The lowest BCUT2D eigenvalue weighted by molar-refractivity contribution is 0.133. The maximum atomic E-state index is 11.6. The Morgan fingerprint density at radius 2 is 2.29 bits per heavy atom. The maximum absolute atomic E-state index is 11.6. The van der Waals surface area contributed by atoms with Crippen molar-refractivity contribution in [3.63, 3.8) is 0 Å². The van der Waals surface area contributed by atoms with Crippen LogP contribution in [-0.4, -0.2) is 17.4 Å². The molecular formula is C4H6FNO. The van der Waals surface area contributed by atoms with E-state index in [-0.39, 0.29) is 0 Å². The lowest BCUT2D eigenvalue weighted by atomic mass is 10.3. The Morgan fingerprint density at radius 3 is 2.29 bits per heavy atom. The monoisotopic (exact) mass is 103 g/mol. The summed E-state index contributed by atoms with van der Waals surface area (Å²) in [6.45, 7) is 1.13. The van der Waals surface area contributed by atoms with Crippen LogP contribution in [0, 0.1) is 11.3 Å². The Hall–Kier alpha value is -0.620. The van der Waals surface area contributed by atoms with Crippen LogP contribution in [0.2, 0.25) is 0 Å². The number of aliphatic hydroxyl groups excluding tert-OH is 1. The molecule has 0 fully saturated rings. The molecule has 0 radical (unpaired) electrons. The van der Waals surface area contributed by atoms with Gasteiger partial charge in [-0.05, 0) is 6.92 Å². The Morgan fingerprint density at radius 1 is 1.86 bits per heavy atom. The van der Waals surface area contributed by atoms with Crippen molar-refractivity contribution in [3.8, 4) is 6.07 Å². The van der Waals surface area contributed by atoms with E-state index < -0.39 is 12.3 Å². The maximum Gasteiger partial charge on any atom is 0.171 e. The number of hydrogen-bond donors (Lipinski definition) is 1. The van der Waals surface area contributed by atoms with Crippen molar-refractivity contribution < 1.29 is 9.50 Å². The normalized spacial score (nSPS) is 17.4. The highest BCUT2D eigenvalue weighted by Gasteiger charge is 2.08. The Labute approximate surface area is 41.2 Å². The summed E-state index contributed by atoms with van der Waals surface area (Å²) >= 11 is 0. The second-order valence-electron chi connectivity index (χ2n) is 1.25. The molecule has 0 unspecified atom stereocenters. The summed E-state index contributed by atoms with van der Waals surface area (Å²) in [7, 11) is 0. The number of hydrogen-bond acceptors (Lipinski definition) is 2. The van der Waals surface area contributed by atoms with Crippen molar-refractivity contribution in [2.75, 3.05) is 0 Å². The number of nitrogens with zero attached hydrogens (tertiary/aromatic N) is 1. The van der Waals surface area contributed by atoms with Crippen LogP contribution in [0.5, 0.6) is 0 Å². The minimum Gasteiger partial charge on any atom is -0.375 e. The summed E-state index contributed by atoms with van der Waals surface area (Å²) < 4.78 is 11.6. The van der Waals surface area contributed by atoms with Gasteiger partial charge in [-0.15, -0.1) is 0 Å². The molecular weight excluding hydrogens is 97.0 g/mol. The molecule has 0 saturated carbocycles. The van der Waals surface area contributed by atoms with Crippen LogP contribution in [-0.2, 0) is 0 Å². The third kappa shape index (κ3) is 2.12. The fourth-order valence-corrected chi connectivity index (χ4v) is 0.103. The second kappa shape index (κ2) is 2.54. The van der Waals surface area contributed by atoms with E-state index >= 15 is 0 Å². The van der Waals surface area contributed by atoms with E-state index in [1.807, 2.05) is 0 Å². The van der Waals surface area contributed by atoms with Crippen molar-refractivity contribution in [1.29, 1.82) is 5.26 Å². The molecule has 0 bridgehead atoms. The van der Waals surface area contributed by atoms with Gasteiger partial charge >= 0.3 is 0 Å². The van der Waals surface area contributed by atoms with Gasteiger partial charge in [-0.3, -0.25) is 0 Å². The Balaban J connectivity index is 3.40.